The monoisotopic (exact) mass is 256 g/mol. The standard InChI is InChI=1S/C15H17N3O/c1-4-9(2)16-15-14-13(17-10(3)18-15)11-7-5-6-8-12(11)19-14/h5-9H,4H2,1-3H3,(H,16,17,18)/p+1. The molecule has 0 bridgehead atoms. The molecule has 0 spiro atoms. The third-order valence-electron chi connectivity index (χ3n) is 3.44. The molecule has 0 aliphatic carbocycles. The predicted molar refractivity (Wildman–Crippen MR) is 75.4 cm³/mol. The summed E-state index contributed by atoms with van der Waals surface area (Å²) in [4.78, 5) is 9.06. The molecular formula is C15H18N3O+. The molecule has 0 amide bonds. The fourth-order valence-electron chi connectivity index (χ4n) is 2.23. The van der Waals surface area contributed by atoms with Crippen molar-refractivity contribution in [2.45, 2.75) is 33.2 Å². The van der Waals surface area contributed by atoms with Crippen molar-refractivity contribution < 1.29 is 9.73 Å². The van der Waals surface area contributed by atoms with E-state index in [2.05, 4.69) is 29.1 Å². The molecule has 0 fully saturated rings. The molecule has 1 unspecified atom stereocenters. The van der Waals surface area contributed by atoms with Crippen LogP contribution in [0.4, 0.5) is 5.82 Å². The number of rotatable bonds is 3. The van der Waals surface area contributed by atoms with Crippen LogP contribution in [0, 0.1) is 6.92 Å². The van der Waals surface area contributed by atoms with Gasteiger partial charge in [-0.25, -0.2) is 4.98 Å². The second-order valence-corrected chi connectivity index (χ2v) is 4.98. The molecule has 0 saturated carbocycles. The average molecular weight is 256 g/mol. The molecule has 0 aliphatic rings. The van der Waals surface area contributed by atoms with Crippen LogP contribution in [0.5, 0.6) is 0 Å². The van der Waals surface area contributed by atoms with Gasteiger partial charge in [-0.05, 0) is 32.4 Å². The van der Waals surface area contributed by atoms with Crippen LogP contribution < -0.4 is 5.32 Å². The highest BCUT2D eigenvalue weighted by molar-refractivity contribution is 6.04. The van der Waals surface area contributed by atoms with E-state index in [1.54, 1.807) is 0 Å². The molecule has 3 rings (SSSR count). The Bertz CT molecular complexity index is 733. The Morgan fingerprint density at radius 2 is 2.05 bits per heavy atom. The number of benzene rings is 1. The van der Waals surface area contributed by atoms with Gasteiger partial charge in [0, 0.05) is 5.39 Å². The van der Waals surface area contributed by atoms with Crippen molar-refractivity contribution in [3.63, 3.8) is 0 Å². The Balaban J connectivity index is 2.26. The molecule has 1 atom stereocenters. The highest BCUT2D eigenvalue weighted by Gasteiger charge is 2.18. The van der Waals surface area contributed by atoms with E-state index < -0.39 is 0 Å². The first-order valence-corrected chi connectivity index (χ1v) is 6.69. The lowest BCUT2D eigenvalue weighted by Crippen LogP contribution is -2.84. The maximum atomic E-state index is 5.93. The van der Waals surface area contributed by atoms with Crippen molar-refractivity contribution >= 4 is 27.9 Å². The zero-order valence-corrected chi connectivity index (χ0v) is 11.5. The van der Waals surface area contributed by atoms with E-state index >= 15 is 0 Å². The Labute approximate surface area is 111 Å². The predicted octanol–water partition coefficient (Wildman–Crippen LogP) is 2.68. The molecule has 0 radical (unpaired) electrons. The van der Waals surface area contributed by atoms with Crippen LogP contribution in [-0.2, 0) is 0 Å². The van der Waals surface area contributed by atoms with E-state index in [9.17, 15) is 0 Å². The Morgan fingerprint density at radius 3 is 2.84 bits per heavy atom. The molecular weight excluding hydrogens is 238 g/mol. The van der Waals surface area contributed by atoms with E-state index in [4.69, 9.17) is 4.42 Å². The minimum atomic E-state index is 0.478. The molecule has 2 N–H and O–H groups in total. The number of aryl methyl sites for hydroxylation is 1. The lowest BCUT2D eigenvalue weighted by molar-refractivity contribution is -0.609. The fraction of sp³-hybridized carbons (Fsp3) is 0.333. The van der Waals surface area contributed by atoms with Gasteiger partial charge in [-0.1, -0.05) is 19.1 Å². The van der Waals surface area contributed by atoms with Gasteiger partial charge in [-0.15, -0.1) is 0 Å². The van der Waals surface area contributed by atoms with Crippen LogP contribution in [0.3, 0.4) is 0 Å². The second kappa shape index (κ2) is 4.63. The topological polar surface area (TPSA) is 55.5 Å². The maximum absolute atomic E-state index is 5.93. The fourth-order valence-corrected chi connectivity index (χ4v) is 2.23. The Morgan fingerprint density at radius 1 is 1.26 bits per heavy atom. The third-order valence-corrected chi connectivity index (χ3v) is 3.44. The first-order valence-electron chi connectivity index (χ1n) is 6.69. The zero-order valence-electron chi connectivity index (χ0n) is 11.5. The average Bonchev–Trinajstić information content (AvgIpc) is 2.77. The maximum Gasteiger partial charge on any atom is 0.272 e. The summed E-state index contributed by atoms with van der Waals surface area (Å²) in [7, 11) is 0. The van der Waals surface area contributed by atoms with Gasteiger partial charge in [0.2, 0.25) is 5.58 Å². The minimum Gasteiger partial charge on any atom is -0.446 e. The summed E-state index contributed by atoms with van der Waals surface area (Å²) in [5, 5.41) is 3.22. The summed E-state index contributed by atoms with van der Waals surface area (Å²) in [6, 6.07) is 8.47. The lowest BCUT2D eigenvalue weighted by atomic mass is 10.2. The van der Waals surface area contributed by atoms with Crippen molar-refractivity contribution in [2.75, 3.05) is 0 Å². The summed E-state index contributed by atoms with van der Waals surface area (Å²) in [5.74, 6) is 1.70. The molecule has 4 heteroatoms. The van der Waals surface area contributed by atoms with E-state index in [-0.39, 0.29) is 0 Å². The van der Waals surface area contributed by atoms with E-state index in [0.717, 1.165) is 40.1 Å². The van der Waals surface area contributed by atoms with Gasteiger partial charge in [0.05, 0.1) is 6.04 Å². The molecule has 19 heavy (non-hydrogen) atoms. The normalized spacial score (nSPS) is 13.2. The van der Waals surface area contributed by atoms with Crippen LogP contribution in [-0.4, -0.2) is 16.0 Å². The van der Waals surface area contributed by atoms with E-state index in [0.29, 0.717) is 6.04 Å². The zero-order chi connectivity index (χ0) is 13.4. The molecule has 0 saturated heterocycles. The van der Waals surface area contributed by atoms with E-state index in [1.807, 2.05) is 31.2 Å². The summed E-state index contributed by atoms with van der Waals surface area (Å²) in [5.41, 5.74) is 2.58. The summed E-state index contributed by atoms with van der Waals surface area (Å²) < 4.78 is 5.93. The summed E-state index contributed by atoms with van der Waals surface area (Å²) in [6.45, 7) is 6.28. The van der Waals surface area contributed by atoms with Crippen molar-refractivity contribution in [1.29, 1.82) is 0 Å². The number of nitrogens with zero attached hydrogens (tertiary/aromatic N) is 2. The smallest absolute Gasteiger partial charge is 0.272 e. The van der Waals surface area contributed by atoms with Gasteiger partial charge < -0.3 is 4.42 Å². The van der Waals surface area contributed by atoms with Gasteiger partial charge in [-0.3, -0.25) is 5.32 Å². The molecule has 0 aliphatic heterocycles. The van der Waals surface area contributed by atoms with Crippen molar-refractivity contribution in [3.8, 4) is 0 Å². The second-order valence-electron chi connectivity index (χ2n) is 4.98. The number of quaternary nitrogens is 1. The number of para-hydroxylation sites is 1. The Kier molecular flexibility index (Phi) is 2.95. The first-order chi connectivity index (χ1) is 9.19. The van der Waals surface area contributed by atoms with Gasteiger partial charge in [0.1, 0.15) is 16.9 Å². The lowest BCUT2D eigenvalue weighted by Gasteiger charge is -2.06. The largest absolute Gasteiger partial charge is 0.446 e. The van der Waals surface area contributed by atoms with Crippen molar-refractivity contribution in [2.24, 2.45) is 0 Å². The van der Waals surface area contributed by atoms with Gasteiger partial charge in [0.15, 0.2) is 0 Å². The number of aromatic nitrogens is 2. The summed E-state index contributed by atoms with van der Waals surface area (Å²) >= 11 is 0. The number of hydrogen-bond donors (Lipinski definition) is 1. The van der Waals surface area contributed by atoms with Crippen LogP contribution in [0.1, 0.15) is 26.1 Å². The molecule has 2 heterocycles. The molecule has 2 aromatic heterocycles. The van der Waals surface area contributed by atoms with E-state index in [1.165, 1.54) is 0 Å². The van der Waals surface area contributed by atoms with Gasteiger partial charge in [-0.2, -0.15) is 4.98 Å². The van der Waals surface area contributed by atoms with Crippen LogP contribution in [0.15, 0.2) is 28.7 Å². The first kappa shape index (κ1) is 12.1. The highest BCUT2D eigenvalue weighted by atomic mass is 16.3. The SMILES string of the molecule is CCC(C)[NH2+]c1nc(C)nc2c1oc1ccccc12. The van der Waals surface area contributed by atoms with Gasteiger partial charge in [0.25, 0.3) is 5.82 Å². The van der Waals surface area contributed by atoms with Crippen LogP contribution >= 0.6 is 0 Å². The minimum absolute atomic E-state index is 0.478. The quantitative estimate of drug-likeness (QED) is 0.783. The number of fused-ring (bicyclic) bond motifs is 3. The third kappa shape index (κ3) is 2.08. The number of furan rings is 1. The van der Waals surface area contributed by atoms with Crippen LogP contribution in [0.2, 0.25) is 0 Å². The summed E-state index contributed by atoms with van der Waals surface area (Å²) in [6.07, 6.45) is 1.09. The van der Waals surface area contributed by atoms with Crippen LogP contribution in [0.25, 0.3) is 22.1 Å². The number of nitrogens with two attached hydrogens (primary N) is 1. The number of hydrogen-bond acceptors (Lipinski definition) is 3. The van der Waals surface area contributed by atoms with Crippen molar-refractivity contribution in [3.05, 3.63) is 30.1 Å². The molecule has 3 aromatic rings. The Hall–Kier alpha value is -1.94. The van der Waals surface area contributed by atoms with Crippen molar-refractivity contribution in [1.82, 2.24) is 9.97 Å². The highest BCUT2D eigenvalue weighted by Crippen LogP contribution is 2.29. The molecule has 98 valence electrons. The van der Waals surface area contributed by atoms with Gasteiger partial charge >= 0.3 is 0 Å². The molecule has 4 nitrogen and oxygen atoms in total. The molecule has 1 aromatic carbocycles.